The minimum atomic E-state index is -1.66. The first-order valence-electron chi connectivity index (χ1n) is 4.91. The number of rotatable bonds is 5. The number of carbonyl (C=O) groups excluding carboxylic acids is 2. The molecule has 1 amide bonds. The largest absolute Gasteiger partial charge is 0.479 e. The maximum absolute atomic E-state index is 11.3. The molecule has 0 spiro atoms. The fraction of sp³-hybridized carbons (Fsp3) is 0.700. The Labute approximate surface area is 99.1 Å². The number of carboxylic acids is 1. The number of nitrogens with one attached hydrogen (secondary N) is 1. The first-order valence-corrected chi connectivity index (χ1v) is 4.91. The van der Waals surface area contributed by atoms with E-state index in [1.807, 2.05) is 5.32 Å². The van der Waals surface area contributed by atoms with Crippen molar-refractivity contribution in [2.24, 2.45) is 0 Å². The predicted molar refractivity (Wildman–Crippen MR) is 57.7 cm³/mol. The highest BCUT2D eigenvalue weighted by atomic mass is 16.6. The number of hydrogen-bond donors (Lipinski definition) is 2. The Kier molecular flexibility index (Phi) is 5.60. The Bertz CT molecular complexity index is 306. The summed E-state index contributed by atoms with van der Waals surface area (Å²) in [5, 5.41) is 10.7. The van der Waals surface area contributed by atoms with E-state index in [9.17, 15) is 14.4 Å². The zero-order valence-corrected chi connectivity index (χ0v) is 10.3. The highest BCUT2D eigenvalue weighted by Crippen LogP contribution is 2.06. The van der Waals surface area contributed by atoms with Crippen LogP contribution in [0.2, 0.25) is 0 Å². The normalized spacial score (nSPS) is 12.7. The summed E-state index contributed by atoms with van der Waals surface area (Å²) in [6, 6.07) is -1.66. The number of ketones is 1. The van der Waals surface area contributed by atoms with Crippen molar-refractivity contribution in [2.45, 2.75) is 32.4 Å². The molecule has 17 heavy (non-hydrogen) atoms. The number of methoxy groups -OCH3 is 1. The Morgan fingerprint density at radius 3 is 2.18 bits per heavy atom. The van der Waals surface area contributed by atoms with E-state index in [0.717, 1.165) is 0 Å². The molecule has 0 aromatic heterocycles. The lowest BCUT2D eigenvalue weighted by Crippen LogP contribution is -2.49. The fourth-order valence-electron chi connectivity index (χ4n) is 0.931. The van der Waals surface area contributed by atoms with Gasteiger partial charge in [0.05, 0.1) is 0 Å². The van der Waals surface area contributed by atoms with Crippen molar-refractivity contribution in [2.75, 3.05) is 13.7 Å². The maximum Gasteiger partial charge on any atom is 0.408 e. The Hall–Kier alpha value is -1.63. The number of aliphatic carboxylic acids is 1. The summed E-state index contributed by atoms with van der Waals surface area (Å²) >= 11 is 0. The van der Waals surface area contributed by atoms with Gasteiger partial charge in [0.15, 0.2) is 11.8 Å². The van der Waals surface area contributed by atoms with Gasteiger partial charge in [0.2, 0.25) is 0 Å². The molecular formula is C10H17NO6. The molecule has 0 radical (unpaired) electrons. The van der Waals surface area contributed by atoms with Gasteiger partial charge < -0.3 is 19.9 Å². The number of carbonyl (C=O) groups is 3. The molecular weight excluding hydrogens is 230 g/mol. The van der Waals surface area contributed by atoms with E-state index in [1.165, 1.54) is 7.11 Å². The molecule has 0 heterocycles. The first-order chi connectivity index (χ1) is 7.67. The minimum absolute atomic E-state index is 0.396. The van der Waals surface area contributed by atoms with Crippen molar-refractivity contribution >= 4 is 17.8 Å². The van der Waals surface area contributed by atoms with Gasteiger partial charge >= 0.3 is 12.1 Å². The molecule has 0 aliphatic rings. The smallest absolute Gasteiger partial charge is 0.408 e. The van der Waals surface area contributed by atoms with Gasteiger partial charge in [-0.3, -0.25) is 4.79 Å². The van der Waals surface area contributed by atoms with Gasteiger partial charge in [0, 0.05) is 7.11 Å². The molecule has 0 fully saturated rings. The van der Waals surface area contributed by atoms with Gasteiger partial charge in [-0.25, -0.2) is 9.59 Å². The van der Waals surface area contributed by atoms with Crippen molar-refractivity contribution in [1.29, 1.82) is 0 Å². The summed E-state index contributed by atoms with van der Waals surface area (Å²) in [6.07, 6.45) is -0.964. The van der Waals surface area contributed by atoms with Crippen LogP contribution >= 0.6 is 0 Å². The second-order valence-corrected chi connectivity index (χ2v) is 4.32. The van der Waals surface area contributed by atoms with Crippen LogP contribution < -0.4 is 5.32 Å². The topological polar surface area (TPSA) is 102 Å². The number of hydrogen-bond acceptors (Lipinski definition) is 5. The van der Waals surface area contributed by atoms with E-state index in [-0.39, 0.29) is 0 Å². The van der Waals surface area contributed by atoms with Crippen LogP contribution in [0.1, 0.15) is 20.8 Å². The third-order valence-electron chi connectivity index (χ3n) is 1.52. The Morgan fingerprint density at radius 1 is 1.29 bits per heavy atom. The molecule has 0 aliphatic carbocycles. The van der Waals surface area contributed by atoms with Crippen molar-refractivity contribution in [3.63, 3.8) is 0 Å². The summed E-state index contributed by atoms with van der Waals surface area (Å²) in [5.74, 6) is -2.22. The van der Waals surface area contributed by atoms with E-state index >= 15 is 0 Å². The van der Waals surface area contributed by atoms with Gasteiger partial charge in [-0.2, -0.15) is 0 Å². The summed E-state index contributed by atoms with van der Waals surface area (Å²) in [7, 11) is 1.25. The average Bonchev–Trinajstić information content (AvgIpc) is 2.11. The van der Waals surface area contributed by atoms with Crippen molar-refractivity contribution < 1.29 is 29.0 Å². The third kappa shape index (κ3) is 6.52. The van der Waals surface area contributed by atoms with Gasteiger partial charge in [-0.15, -0.1) is 0 Å². The summed E-state index contributed by atoms with van der Waals surface area (Å²) in [5.41, 5.74) is -0.766. The minimum Gasteiger partial charge on any atom is -0.479 e. The van der Waals surface area contributed by atoms with Crippen molar-refractivity contribution in [3.8, 4) is 0 Å². The second-order valence-electron chi connectivity index (χ2n) is 4.32. The summed E-state index contributed by atoms with van der Waals surface area (Å²) < 4.78 is 9.35. The quantitative estimate of drug-likeness (QED) is 0.672. The van der Waals surface area contributed by atoms with Crippen LogP contribution in [0.4, 0.5) is 4.79 Å². The SMILES string of the molecule is COCC(=O)[C@H](NC(=O)OC(C)(C)C)C(=O)O. The number of amides is 1. The molecule has 0 saturated carbocycles. The molecule has 1 atom stereocenters. The number of ether oxygens (including phenoxy) is 2. The molecule has 7 nitrogen and oxygen atoms in total. The zero-order chi connectivity index (χ0) is 13.6. The third-order valence-corrected chi connectivity index (χ3v) is 1.52. The lowest BCUT2D eigenvalue weighted by atomic mass is 10.2. The molecule has 0 saturated heterocycles. The van der Waals surface area contributed by atoms with E-state index in [0.29, 0.717) is 0 Å². The van der Waals surface area contributed by atoms with Crippen LogP contribution in [0.5, 0.6) is 0 Å². The van der Waals surface area contributed by atoms with Crippen LogP contribution in [0.15, 0.2) is 0 Å². The number of carboxylic acid groups (broad SMARTS) is 1. The molecule has 7 heteroatoms. The first kappa shape index (κ1) is 15.4. The molecule has 0 aromatic carbocycles. The molecule has 98 valence electrons. The predicted octanol–water partition coefficient (Wildman–Crippen LogP) is 0.180. The molecule has 2 N–H and O–H groups in total. The molecule has 0 aromatic rings. The van der Waals surface area contributed by atoms with E-state index in [4.69, 9.17) is 9.84 Å². The van der Waals surface area contributed by atoms with Crippen LogP contribution in [0.3, 0.4) is 0 Å². The van der Waals surface area contributed by atoms with Gasteiger partial charge in [0.25, 0.3) is 0 Å². The van der Waals surface area contributed by atoms with Gasteiger partial charge in [-0.05, 0) is 20.8 Å². The van der Waals surface area contributed by atoms with Gasteiger partial charge in [-0.1, -0.05) is 0 Å². The Morgan fingerprint density at radius 2 is 1.82 bits per heavy atom. The van der Waals surface area contributed by atoms with E-state index in [2.05, 4.69) is 4.74 Å². The summed E-state index contributed by atoms with van der Waals surface area (Å²) in [6.45, 7) is 4.48. The average molecular weight is 247 g/mol. The molecule has 0 rings (SSSR count). The van der Waals surface area contributed by atoms with Gasteiger partial charge in [0.1, 0.15) is 12.2 Å². The van der Waals surface area contributed by atoms with Crippen LogP contribution in [0, 0.1) is 0 Å². The van der Waals surface area contributed by atoms with E-state index < -0.39 is 36.1 Å². The highest BCUT2D eigenvalue weighted by Gasteiger charge is 2.29. The standard InChI is InChI=1S/C10H17NO6/c1-10(2,3)17-9(15)11-7(8(13)14)6(12)5-16-4/h7H,5H2,1-4H3,(H,11,15)(H,13,14)/t7-/m0/s1. The fourth-order valence-corrected chi connectivity index (χ4v) is 0.931. The van der Waals surface area contributed by atoms with Crippen LogP contribution in [0.25, 0.3) is 0 Å². The lowest BCUT2D eigenvalue weighted by molar-refractivity contribution is -0.144. The molecule has 0 unspecified atom stereocenters. The van der Waals surface area contributed by atoms with Crippen LogP contribution in [-0.4, -0.2) is 48.3 Å². The molecule has 0 aliphatic heterocycles. The lowest BCUT2D eigenvalue weighted by Gasteiger charge is -2.21. The maximum atomic E-state index is 11.3. The second kappa shape index (κ2) is 6.19. The molecule has 0 bridgehead atoms. The van der Waals surface area contributed by atoms with Crippen molar-refractivity contribution in [1.82, 2.24) is 5.32 Å². The zero-order valence-electron chi connectivity index (χ0n) is 10.3. The number of Topliss-reactive ketones (excluding diaryl/α,β-unsaturated/α-hetero) is 1. The van der Waals surface area contributed by atoms with Crippen molar-refractivity contribution in [3.05, 3.63) is 0 Å². The monoisotopic (exact) mass is 247 g/mol. The van der Waals surface area contributed by atoms with E-state index in [1.54, 1.807) is 20.8 Å². The Balaban J connectivity index is 4.51. The highest BCUT2D eigenvalue weighted by molar-refractivity contribution is 6.05. The summed E-state index contributed by atoms with van der Waals surface area (Å²) in [4.78, 5) is 33.4. The van der Waals surface area contributed by atoms with Crippen LogP contribution in [-0.2, 0) is 19.1 Å². The number of alkyl carbamates (subject to hydrolysis) is 1.